The van der Waals surface area contributed by atoms with Crippen LogP contribution in [-0.2, 0) is 13.0 Å². The van der Waals surface area contributed by atoms with E-state index in [-0.39, 0.29) is 23.9 Å². The van der Waals surface area contributed by atoms with Gasteiger partial charge in [-0.1, -0.05) is 0 Å². The van der Waals surface area contributed by atoms with Crippen LogP contribution in [0.4, 0.5) is 27.5 Å². The molecule has 0 aliphatic carbocycles. The van der Waals surface area contributed by atoms with Crippen LogP contribution >= 0.6 is 0 Å². The van der Waals surface area contributed by atoms with Crippen molar-refractivity contribution in [1.82, 2.24) is 24.8 Å². The number of hydrogen-bond acceptors (Lipinski definition) is 10. The third-order valence-corrected chi connectivity index (χ3v) is 5.41. The fraction of sp³-hybridized carbons (Fsp3) is 0.222. The molecule has 10 nitrogen and oxygen atoms in total. The Hall–Kier alpha value is -4.82. The molecule has 0 fully saturated rings. The lowest BCUT2D eigenvalue weighted by Gasteiger charge is -2.14. The van der Waals surface area contributed by atoms with E-state index in [1.54, 1.807) is 24.7 Å². The van der Waals surface area contributed by atoms with Gasteiger partial charge >= 0.3 is 0 Å². The van der Waals surface area contributed by atoms with Gasteiger partial charge in [0.15, 0.2) is 11.5 Å². The number of rotatable bonds is 10. The molecule has 38 heavy (non-hydrogen) atoms. The molecule has 194 valence electrons. The quantitative estimate of drug-likeness (QED) is 0.308. The number of hydrogen-bond donors (Lipinski definition) is 2. The number of methoxy groups -OCH3 is 2. The van der Waals surface area contributed by atoms with Crippen LogP contribution < -0.4 is 20.1 Å². The molecule has 0 amide bonds. The molecule has 0 spiro atoms. The van der Waals surface area contributed by atoms with E-state index in [0.29, 0.717) is 28.6 Å². The lowest BCUT2D eigenvalue weighted by molar-refractivity contribution is 0.351. The average Bonchev–Trinajstić information content (AvgIpc) is 2.90. The molecule has 0 unspecified atom stereocenters. The van der Waals surface area contributed by atoms with Crippen molar-refractivity contribution in [1.29, 1.82) is 5.26 Å². The zero-order chi connectivity index (χ0) is 27.1. The molecule has 0 aliphatic heterocycles. The summed E-state index contributed by atoms with van der Waals surface area (Å²) < 4.78 is 24.5. The second kappa shape index (κ2) is 11.9. The summed E-state index contributed by atoms with van der Waals surface area (Å²) in [6.45, 7) is 0.755. The maximum absolute atomic E-state index is 14.3. The molecule has 11 heteroatoms. The van der Waals surface area contributed by atoms with E-state index >= 15 is 0 Å². The maximum Gasteiger partial charge on any atom is 0.229 e. The van der Waals surface area contributed by atoms with Gasteiger partial charge in [-0.15, -0.1) is 0 Å². The number of nitrogens with one attached hydrogen (secondary N) is 2. The predicted molar refractivity (Wildman–Crippen MR) is 142 cm³/mol. The summed E-state index contributed by atoms with van der Waals surface area (Å²) >= 11 is 0. The number of anilines is 4. The molecule has 0 bridgehead atoms. The smallest absolute Gasteiger partial charge is 0.229 e. The summed E-state index contributed by atoms with van der Waals surface area (Å²) in [7, 11) is 6.75. The predicted octanol–water partition coefficient (Wildman–Crippen LogP) is 4.70. The summed E-state index contributed by atoms with van der Waals surface area (Å²) in [5, 5.41) is 15.5. The van der Waals surface area contributed by atoms with Crippen molar-refractivity contribution in [3.63, 3.8) is 0 Å². The average molecular weight is 515 g/mol. The summed E-state index contributed by atoms with van der Waals surface area (Å²) in [6, 6.07) is 12.6. The van der Waals surface area contributed by atoms with E-state index in [1.165, 1.54) is 26.4 Å². The van der Waals surface area contributed by atoms with Gasteiger partial charge < -0.3 is 25.0 Å². The first kappa shape index (κ1) is 26.2. The van der Waals surface area contributed by atoms with Crippen LogP contribution in [0, 0.1) is 17.1 Å². The molecule has 4 rings (SSSR count). The van der Waals surface area contributed by atoms with Gasteiger partial charge in [0.25, 0.3) is 0 Å². The van der Waals surface area contributed by atoms with Gasteiger partial charge in [-0.05, 0) is 49.5 Å². The lowest BCUT2D eigenvalue weighted by Crippen LogP contribution is -2.10. The molecule has 0 radical (unpaired) electrons. The van der Waals surface area contributed by atoms with E-state index in [1.807, 2.05) is 32.3 Å². The second-order valence-corrected chi connectivity index (χ2v) is 8.57. The third-order valence-electron chi connectivity index (χ3n) is 5.41. The number of nitriles is 1. The second-order valence-electron chi connectivity index (χ2n) is 8.57. The molecule has 0 aliphatic rings. The molecule has 2 N–H and O–H groups in total. The molecule has 1 aromatic carbocycles. The zero-order valence-corrected chi connectivity index (χ0v) is 21.5. The molecule has 0 saturated heterocycles. The maximum atomic E-state index is 14.3. The van der Waals surface area contributed by atoms with Crippen molar-refractivity contribution in [3.05, 3.63) is 71.9 Å². The van der Waals surface area contributed by atoms with Gasteiger partial charge in [-0.25, -0.2) is 4.98 Å². The van der Waals surface area contributed by atoms with Gasteiger partial charge in [0.2, 0.25) is 11.8 Å². The Morgan fingerprint density at radius 2 is 1.68 bits per heavy atom. The standard InChI is InChI=1S/C27H27FN8O2/c1-36(2)16-18-6-9-30-20(12-18)26-21(11-17(5-8-29)15-32-26)34-24-7-10-31-27(35-24)33-19-13-22(37-3)25(28)23(14-19)38-4/h6-7,9-15H,5,16H2,1-4H3,(H2,31,33,34,35). The first-order valence-electron chi connectivity index (χ1n) is 11.6. The van der Waals surface area contributed by atoms with Gasteiger partial charge in [0.05, 0.1) is 38.1 Å². The van der Waals surface area contributed by atoms with Crippen LogP contribution in [0.15, 0.2) is 55.0 Å². The van der Waals surface area contributed by atoms with E-state index in [9.17, 15) is 9.65 Å². The number of halogens is 1. The number of aromatic nitrogens is 4. The van der Waals surface area contributed by atoms with Crippen LogP contribution in [-0.4, -0.2) is 53.2 Å². The highest BCUT2D eigenvalue weighted by Gasteiger charge is 2.15. The Balaban J connectivity index is 1.66. The molecule has 3 heterocycles. The van der Waals surface area contributed by atoms with Crippen molar-refractivity contribution in [2.75, 3.05) is 38.9 Å². The monoisotopic (exact) mass is 514 g/mol. The Morgan fingerprint density at radius 3 is 2.37 bits per heavy atom. The number of benzene rings is 1. The molecule has 0 saturated carbocycles. The van der Waals surface area contributed by atoms with Gasteiger partial charge in [0.1, 0.15) is 11.5 Å². The molecular weight excluding hydrogens is 487 g/mol. The molecule has 3 aromatic heterocycles. The van der Waals surface area contributed by atoms with Crippen molar-refractivity contribution < 1.29 is 13.9 Å². The molecule has 4 aromatic rings. The topological polar surface area (TPSA) is 121 Å². The molecular formula is C27H27FN8O2. The van der Waals surface area contributed by atoms with Crippen LogP contribution in [0.3, 0.4) is 0 Å². The number of ether oxygens (including phenoxy) is 2. The normalized spacial score (nSPS) is 10.7. The Kier molecular flexibility index (Phi) is 8.25. The largest absolute Gasteiger partial charge is 0.493 e. The zero-order valence-electron chi connectivity index (χ0n) is 21.5. The van der Waals surface area contributed by atoms with Crippen molar-refractivity contribution in [2.45, 2.75) is 13.0 Å². The van der Waals surface area contributed by atoms with Crippen LogP contribution in [0.5, 0.6) is 11.5 Å². The Bertz CT molecular complexity index is 1450. The van der Waals surface area contributed by atoms with Crippen molar-refractivity contribution in [2.24, 2.45) is 0 Å². The van der Waals surface area contributed by atoms with Gasteiger partial charge in [-0.3, -0.25) is 9.97 Å². The number of pyridine rings is 2. The lowest BCUT2D eigenvalue weighted by atomic mass is 10.1. The minimum absolute atomic E-state index is 0.0233. The first-order valence-corrected chi connectivity index (χ1v) is 11.6. The summed E-state index contributed by atoms with van der Waals surface area (Å²) in [6.07, 6.45) is 5.21. The Labute approximate surface area is 220 Å². The van der Waals surface area contributed by atoms with E-state index in [2.05, 4.69) is 41.5 Å². The fourth-order valence-electron chi connectivity index (χ4n) is 3.76. The minimum Gasteiger partial charge on any atom is -0.493 e. The summed E-state index contributed by atoms with van der Waals surface area (Å²) in [4.78, 5) is 20.0. The van der Waals surface area contributed by atoms with Gasteiger partial charge in [0, 0.05) is 43.0 Å². The highest BCUT2D eigenvalue weighted by Crippen LogP contribution is 2.32. The van der Waals surface area contributed by atoms with Crippen LogP contribution in [0.25, 0.3) is 11.4 Å². The first-order chi connectivity index (χ1) is 18.4. The van der Waals surface area contributed by atoms with Crippen molar-refractivity contribution in [3.8, 4) is 29.0 Å². The fourth-order valence-corrected chi connectivity index (χ4v) is 3.76. The highest BCUT2D eigenvalue weighted by atomic mass is 19.1. The van der Waals surface area contributed by atoms with E-state index in [0.717, 1.165) is 17.7 Å². The molecule has 0 atom stereocenters. The van der Waals surface area contributed by atoms with Crippen LogP contribution in [0.2, 0.25) is 0 Å². The Morgan fingerprint density at radius 1 is 0.947 bits per heavy atom. The summed E-state index contributed by atoms with van der Waals surface area (Å²) in [5.74, 6) is 0.187. The third kappa shape index (κ3) is 6.29. The summed E-state index contributed by atoms with van der Waals surface area (Å²) in [5.41, 5.74) is 4.27. The highest BCUT2D eigenvalue weighted by molar-refractivity contribution is 5.76. The van der Waals surface area contributed by atoms with E-state index < -0.39 is 5.82 Å². The van der Waals surface area contributed by atoms with Gasteiger partial charge in [-0.2, -0.15) is 14.6 Å². The van der Waals surface area contributed by atoms with Crippen molar-refractivity contribution >= 4 is 23.1 Å². The SMILES string of the molecule is COc1cc(Nc2nccc(Nc3cc(CC#N)cnc3-c3cc(CN(C)C)ccn3)n2)cc(OC)c1F. The number of nitrogens with zero attached hydrogens (tertiary/aromatic N) is 6. The van der Waals surface area contributed by atoms with Crippen LogP contribution in [0.1, 0.15) is 11.1 Å². The van der Waals surface area contributed by atoms with E-state index in [4.69, 9.17) is 9.47 Å². The minimum atomic E-state index is -0.600.